The number of nitrogens with zero attached hydrogens (tertiary/aromatic N) is 2. The van der Waals surface area contributed by atoms with E-state index in [1.807, 2.05) is 12.1 Å². The molecule has 9 heteroatoms. The van der Waals surface area contributed by atoms with Crippen LogP contribution in [-0.2, 0) is 4.79 Å². The van der Waals surface area contributed by atoms with Gasteiger partial charge in [-0.05, 0) is 49.2 Å². The monoisotopic (exact) mass is 490 g/mol. The summed E-state index contributed by atoms with van der Waals surface area (Å²) < 4.78 is 15.8. The van der Waals surface area contributed by atoms with Crippen molar-refractivity contribution in [3.05, 3.63) is 66.4 Å². The zero-order chi connectivity index (χ0) is 25.5. The van der Waals surface area contributed by atoms with Gasteiger partial charge < -0.3 is 29.7 Å². The molecule has 4 rings (SSSR count). The zero-order valence-corrected chi connectivity index (χ0v) is 20.6. The molecule has 36 heavy (non-hydrogen) atoms. The van der Waals surface area contributed by atoms with Gasteiger partial charge in [-0.15, -0.1) is 0 Å². The molecule has 1 aromatic heterocycles. The number of methoxy groups -OCH3 is 3. The Bertz CT molecular complexity index is 1220. The van der Waals surface area contributed by atoms with E-state index in [1.165, 1.54) is 0 Å². The van der Waals surface area contributed by atoms with Crippen LogP contribution >= 0.6 is 0 Å². The molecule has 1 fully saturated rings. The van der Waals surface area contributed by atoms with Crippen LogP contribution in [-0.4, -0.2) is 51.2 Å². The number of carbonyl (C=O) groups excluding carboxylic acids is 2. The van der Waals surface area contributed by atoms with Gasteiger partial charge in [-0.2, -0.15) is 0 Å². The molecular weight excluding hydrogens is 460 g/mol. The molecule has 0 saturated carbocycles. The summed E-state index contributed by atoms with van der Waals surface area (Å²) in [7, 11) is 4.72. The second-order valence-electron chi connectivity index (χ2n) is 8.41. The van der Waals surface area contributed by atoms with E-state index in [4.69, 9.17) is 14.2 Å². The summed E-state index contributed by atoms with van der Waals surface area (Å²) in [6.07, 6.45) is 2.96. The van der Waals surface area contributed by atoms with Gasteiger partial charge in [-0.3, -0.25) is 9.59 Å². The fourth-order valence-corrected chi connectivity index (χ4v) is 4.15. The number of benzene rings is 2. The first-order chi connectivity index (χ1) is 17.5. The number of nitrogens with one attached hydrogen (secondary N) is 2. The van der Waals surface area contributed by atoms with Crippen LogP contribution in [0.3, 0.4) is 0 Å². The normalized spacial score (nSPS) is 13.6. The van der Waals surface area contributed by atoms with Gasteiger partial charge in [0.2, 0.25) is 5.91 Å². The summed E-state index contributed by atoms with van der Waals surface area (Å²) in [5.41, 5.74) is 1.74. The number of rotatable bonds is 8. The van der Waals surface area contributed by atoms with E-state index >= 15 is 0 Å². The van der Waals surface area contributed by atoms with Crippen LogP contribution in [0.5, 0.6) is 17.2 Å². The van der Waals surface area contributed by atoms with Crippen LogP contribution in [0.4, 0.5) is 17.2 Å². The molecule has 0 bridgehead atoms. The first-order valence-corrected chi connectivity index (χ1v) is 11.7. The molecular formula is C27H30N4O5. The third-order valence-electron chi connectivity index (χ3n) is 6.19. The van der Waals surface area contributed by atoms with Gasteiger partial charge in [-0.25, -0.2) is 4.98 Å². The number of pyridine rings is 1. The van der Waals surface area contributed by atoms with E-state index in [0.29, 0.717) is 65.9 Å². The fraction of sp³-hybridized carbons (Fsp3) is 0.296. The largest absolute Gasteiger partial charge is 0.497 e. The lowest BCUT2D eigenvalue weighted by molar-refractivity contribution is -0.120. The Balaban J connectivity index is 1.36. The number of ether oxygens (including phenoxy) is 3. The SMILES string of the molecule is COc1cccc(NC(=O)c2ccnc(N3CCC(C(=O)Nc4cc(OC)ccc4OC)CC3)c2)c1. The average Bonchev–Trinajstić information content (AvgIpc) is 2.93. The van der Waals surface area contributed by atoms with E-state index in [9.17, 15) is 9.59 Å². The Morgan fingerprint density at radius 2 is 1.64 bits per heavy atom. The maximum absolute atomic E-state index is 12.9. The summed E-state index contributed by atoms with van der Waals surface area (Å²) in [5.74, 6) is 2.17. The lowest BCUT2D eigenvalue weighted by Gasteiger charge is -2.32. The molecule has 3 aromatic rings. The molecule has 1 aliphatic rings. The van der Waals surface area contributed by atoms with Crippen LogP contribution in [0.1, 0.15) is 23.2 Å². The summed E-state index contributed by atoms with van der Waals surface area (Å²) in [5, 5.41) is 5.86. The Morgan fingerprint density at radius 3 is 2.36 bits per heavy atom. The summed E-state index contributed by atoms with van der Waals surface area (Å²) in [6.45, 7) is 1.31. The molecule has 188 valence electrons. The highest BCUT2D eigenvalue weighted by atomic mass is 16.5. The predicted molar refractivity (Wildman–Crippen MR) is 138 cm³/mol. The van der Waals surface area contributed by atoms with Crippen molar-refractivity contribution < 1.29 is 23.8 Å². The third-order valence-corrected chi connectivity index (χ3v) is 6.19. The minimum Gasteiger partial charge on any atom is -0.497 e. The Kier molecular flexibility index (Phi) is 7.89. The molecule has 0 atom stereocenters. The van der Waals surface area contributed by atoms with Gasteiger partial charge in [0.05, 0.1) is 27.0 Å². The van der Waals surface area contributed by atoms with E-state index in [-0.39, 0.29) is 17.7 Å². The van der Waals surface area contributed by atoms with E-state index in [0.717, 1.165) is 0 Å². The van der Waals surface area contributed by atoms with Crippen LogP contribution in [0, 0.1) is 5.92 Å². The molecule has 0 spiro atoms. The fourth-order valence-electron chi connectivity index (χ4n) is 4.15. The molecule has 1 aliphatic heterocycles. The number of piperidine rings is 1. The Labute approximate surface area is 210 Å². The number of anilines is 3. The van der Waals surface area contributed by atoms with Crippen molar-refractivity contribution in [2.45, 2.75) is 12.8 Å². The highest BCUT2D eigenvalue weighted by Gasteiger charge is 2.26. The van der Waals surface area contributed by atoms with Crippen molar-refractivity contribution in [3.8, 4) is 17.2 Å². The molecule has 2 amide bonds. The molecule has 0 radical (unpaired) electrons. The molecule has 0 aliphatic carbocycles. The number of aromatic nitrogens is 1. The van der Waals surface area contributed by atoms with Gasteiger partial charge in [0.15, 0.2) is 0 Å². The van der Waals surface area contributed by atoms with Crippen molar-refractivity contribution in [2.24, 2.45) is 5.92 Å². The summed E-state index contributed by atoms with van der Waals surface area (Å²) >= 11 is 0. The number of amides is 2. The van der Waals surface area contributed by atoms with Gasteiger partial charge in [0.25, 0.3) is 5.91 Å². The summed E-state index contributed by atoms with van der Waals surface area (Å²) in [6, 6.07) is 15.9. The lowest BCUT2D eigenvalue weighted by Crippen LogP contribution is -2.38. The van der Waals surface area contributed by atoms with Gasteiger partial charge >= 0.3 is 0 Å². The Morgan fingerprint density at radius 1 is 0.889 bits per heavy atom. The minimum atomic E-state index is -0.228. The van der Waals surface area contributed by atoms with Gasteiger partial charge in [0, 0.05) is 48.6 Å². The second kappa shape index (κ2) is 11.4. The van der Waals surface area contributed by atoms with Crippen molar-refractivity contribution in [1.29, 1.82) is 0 Å². The molecule has 0 unspecified atom stereocenters. The smallest absolute Gasteiger partial charge is 0.255 e. The van der Waals surface area contributed by atoms with Crippen LogP contribution in [0.15, 0.2) is 60.8 Å². The number of carbonyl (C=O) groups is 2. The van der Waals surface area contributed by atoms with Crippen LogP contribution in [0.2, 0.25) is 0 Å². The molecule has 1 saturated heterocycles. The minimum absolute atomic E-state index is 0.0550. The molecule has 2 heterocycles. The zero-order valence-electron chi connectivity index (χ0n) is 20.6. The van der Waals surface area contributed by atoms with Gasteiger partial charge in [0.1, 0.15) is 23.1 Å². The molecule has 2 N–H and O–H groups in total. The average molecular weight is 491 g/mol. The molecule has 9 nitrogen and oxygen atoms in total. The van der Waals surface area contributed by atoms with E-state index in [1.54, 1.807) is 70.0 Å². The number of hydrogen-bond donors (Lipinski definition) is 2. The van der Waals surface area contributed by atoms with Crippen LogP contribution < -0.4 is 29.7 Å². The van der Waals surface area contributed by atoms with Crippen LogP contribution in [0.25, 0.3) is 0 Å². The summed E-state index contributed by atoms with van der Waals surface area (Å²) in [4.78, 5) is 32.3. The van der Waals surface area contributed by atoms with Crippen molar-refractivity contribution in [1.82, 2.24) is 4.98 Å². The van der Waals surface area contributed by atoms with Crippen molar-refractivity contribution in [3.63, 3.8) is 0 Å². The standard InChI is InChI=1S/C27H30N4O5/c1-34-21-6-4-5-20(16-21)29-27(33)19-9-12-28-25(15-19)31-13-10-18(11-14-31)26(32)30-23-17-22(35-2)7-8-24(23)36-3/h4-9,12,15-18H,10-11,13-14H2,1-3H3,(H,29,33)(H,30,32). The topological polar surface area (TPSA) is 102 Å². The van der Waals surface area contributed by atoms with Gasteiger partial charge in [-0.1, -0.05) is 6.07 Å². The lowest BCUT2D eigenvalue weighted by atomic mass is 9.95. The van der Waals surface area contributed by atoms with E-state index < -0.39 is 0 Å². The predicted octanol–water partition coefficient (Wildman–Crippen LogP) is 4.21. The highest BCUT2D eigenvalue weighted by Crippen LogP contribution is 2.31. The van der Waals surface area contributed by atoms with Crippen molar-refractivity contribution in [2.75, 3.05) is 50.0 Å². The second-order valence-corrected chi connectivity index (χ2v) is 8.41. The maximum Gasteiger partial charge on any atom is 0.255 e. The van der Waals surface area contributed by atoms with E-state index in [2.05, 4.69) is 20.5 Å². The Hall–Kier alpha value is -4.27. The maximum atomic E-state index is 12.9. The van der Waals surface area contributed by atoms with Crippen molar-refractivity contribution >= 4 is 29.0 Å². The first-order valence-electron chi connectivity index (χ1n) is 11.7. The first kappa shape index (κ1) is 24.8. The quantitative estimate of drug-likeness (QED) is 0.488. The highest BCUT2D eigenvalue weighted by molar-refractivity contribution is 6.04. The number of hydrogen-bond acceptors (Lipinski definition) is 7. The molecule has 2 aromatic carbocycles. The third kappa shape index (κ3) is 5.86.